The number of benzene rings is 1. The molecule has 0 radical (unpaired) electrons. The fraction of sp³-hybridized carbons (Fsp3) is 0.353. The molecule has 0 unspecified atom stereocenters. The van der Waals surface area contributed by atoms with Crippen molar-refractivity contribution in [3.8, 4) is 11.1 Å². The summed E-state index contributed by atoms with van der Waals surface area (Å²) in [5, 5.41) is 14.2. The molecule has 0 bridgehead atoms. The maximum absolute atomic E-state index is 12.4. The Morgan fingerprint density at radius 2 is 2.12 bits per heavy atom. The molecule has 124 valence electrons. The summed E-state index contributed by atoms with van der Waals surface area (Å²) in [5.41, 5.74) is 4.14. The molecule has 2 heterocycles. The maximum Gasteiger partial charge on any atom is 0.279 e. The van der Waals surface area contributed by atoms with E-state index < -0.39 is 5.91 Å². The minimum absolute atomic E-state index is 0.357. The Hall–Kier alpha value is -2.67. The molecule has 7 heteroatoms. The molecule has 0 spiro atoms. The Bertz CT molecular complexity index is 931. The Morgan fingerprint density at radius 1 is 1.38 bits per heavy atom. The van der Waals surface area contributed by atoms with Gasteiger partial charge < -0.3 is 9.51 Å². The number of nitrogens with zero attached hydrogens (tertiary/aromatic N) is 3. The van der Waals surface area contributed by atoms with Crippen LogP contribution in [0.2, 0.25) is 0 Å². The van der Waals surface area contributed by atoms with Crippen molar-refractivity contribution < 1.29 is 14.5 Å². The summed E-state index contributed by atoms with van der Waals surface area (Å²) in [5.74, 6) is 1.53. The van der Waals surface area contributed by atoms with Gasteiger partial charge in [0.25, 0.3) is 5.91 Å². The molecule has 1 amide bonds. The smallest absolute Gasteiger partial charge is 0.279 e. The van der Waals surface area contributed by atoms with Crippen LogP contribution in [0, 0.1) is 13.8 Å². The molecule has 1 aliphatic rings. The number of hydrogen-bond donors (Lipinski definition) is 2. The number of aromatic nitrogens is 3. The SMILES string of the molecule is Cc1noc(C)c1-c1cc(C(=O)N(C)O)c2nc(C3CC3)[nH]c2c1. The summed E-state index contributed by atoms with van der Waals surface area (Å²) in [6.07, 6.45) is 2.22. The van der Waals surface area contributed by atoms with Crippen LogP contribution in [0.3, 0.4) is 0 Å². The molecule has 7 nitrogen and oxygen atoms in total. The fourth-order valence-corrected chi connectivity index (χ4v) is 3.06. The van der Waals surface area contributed by atoms with Gasteiger partial charge in [-0.15, -0.1) is 0 Å². The van der Waals surface area contributed by atoms with E-state index in [1.807, 2.05) is 19.9 Å². The first-order valence-electron chi connectivity index (χ1n) is 7.89. The van der Waals surface area contributed by atoms with Gasteiger partial charge >= 0.3 is 0 Å². The Morgan fingerprint density at radius 3 is 2.71 bits per heavy atom. The maximum atomic E-state index is 12.4. The third-order valence-corrected chi connectivity index (χ3v) is 4.42. The standard InChI is InChI=1S/C17H18N4O3/c1-8-14(9(2)24-20-8)11-6-12(17(22)21(3)23)15-13(7-11)18-16(19-15)10-4-5-10/h6-7,10,23H,4-5H2,1-3H3,(H,18,19). The van der Waals surface area contributed by atoms with Crippen LogP contribution in [-0.2, 0) is 0 Å². The zero-order valence-electron chi connectivity index (χ0n) is 13.8. The number of H-pyrrole nitrogens is 1. The number of carbonyl (C=O) groups is 1. The van der Waals surface area contributed by atoms with Crippen LogP contribution in [0.15, 0.2) is 16.7 Å². The summed E-state index contributed by atoms with van der Waals surface area (Å²) in [7, 11) is 1.31. The molecule has 2 N–H and O–H groups in total. The van der Waals surface area contributed by atoms with Gasteiger partial charge in [-0.2, -0.15) is 0 Å². The molecular formula is C17H18N4O3. The van der Waals surface area contributed by atoms with Gasteiger partial charge in [0.05, 0.1) is 16.8 Å². The van der Waals surface area contributed by atoms with E-state index in [9.17, 15) is 10.0 Å². The summed E-state index contributed by atoms with van der Waals surface area (Å²) in [4.78, 5) is 20.3. The molecule has 4 rings (SSSR count). The molecule has 1 saturated carbocycles. The van der Waals surface area contributed by atoms with Crippen LogP contribution in [0.25, 0.3) is 22.2 Å². The van der Waals surface area contributed by atoms with Crippen molar-refractivity contribution >= 4 is 16.9 Å². The van der Waals surface area contributed by atoms with Crippen molar-refractivity contribution in [3.63, 3.8) is 0 Å². The molecule has 0 saturated heterocycles. The zero-order chi connectivity index (χ0) is 17.0. The average molecular weight is 326 g/mol. The van der Waals surface area contributed by atoms with Crippen LogP contribution in [0.4, 0.5) is 0 Å². The van der Waals surface area contributed by atoms with Crippen molar-refractivity contribution in [1.29, 1.82) is 0 Å². The van der Waals surface area contributed by atoms with Crippen molar-refractivity contribution in [2.24, 2.45) is 0 Å². The van der Waals surface area contributed by atoms with Gasteiger partial charge in [-0.3, -0.25) is 10.0 Å². The number of hydroxylamine groups is 2. The molecule has 1 fully saturated rings. The van der Waals surface area contributed by atoms with Crippen LogP contribution >= 0.6 is 0 Å². The zero-order valence-corrected chi connectivity index (χ0v) is 13.8. The number of aryl methyl sites for hydroxylation is 2. The molecule has 1 aromatic carbocycles. The number of hydrogen-bond acceptors (Lipinski definition) is 5. The van der Waals surface area contributed by atoms with E-state index in [0.717, 1.165) is 41.0 Å². The number of fused-ring (bicyclic) bond motifs is 1. The summed E-state index contributed by atoms with van der Waals surface area (Å²) < 4.78 is 5.24. The first-order chi connectivity index (χ1) is 11.5. The number of aromatic amines is 1. The van der Waals surface area contributed by atoms with Crippen molar-refractivity contribution in [2.75, 3.05) is 7.05 Å². The summed E-state index contributed by atoms with van der Waals surface area (Å²) in [6, 6.07) is 3.69. The highest BCUT2D eigenvalue weighted by molar-refractivity contribution is 6.06. The normalized spacial score (nSPS) is 14.3. The van der Waals surface area contributed by atoms with E-state index in [-0.39, 0.29) is 0 Å². The lowest BCUT2D eigenvalue weighted by Crippen LogP contribution is -2.22. The number of carbonyl (C=O) groups excluding carboxylic acids is 1. The second-order valence-electron chi connectivity index (χ2n) is 6.34. The van der Waals surface area contributed by atoms with Gasteiger partial charge in [0.2, 0.25) is 0 Å². The lowest BCUT2D eigenvalue weighted by atomic mass is 10.00. The van der Waals surface area contributed by atoms with Crippen LogP contribution < -0.4 is 0 Å². The number of imidazole rings is 1. The minimum Gasteiger partial charge on any atom is -0.361 e. The Balaban J connectivity index is 1.97. The molecule has 3 aromatic rings. The Kier molecular flexibility index (Phi) is 3.21. The average Bonchev–Trinajstić information content (AvgIpc) is 3.22. The van der Waals surface area contributed by atoms with Crippen molar-refractivity contribution in [3.05, 3.63) is 35.0 Å². The molecule has 0 atom stereocenters. The quantitative estimate of drug-likeness (QED) is 0.569. The molecule has 1 aliphatic carbocycles. The minimum atomic E-state index is -0.498. The number of nitrogens with one attached hydrogen (secondary N) is 1. The second kappa shape index (κ2) is 5.17. The third-order valence-electron chi connectivity index (χ3n) is 4.42. The van der Waals surface area contributed by atoms with Gasteiger partial charge in [0.1, 0.15) is 17.1 Å². The first-order valence-corrected chi connectivity index (χ1v) is 7.89. The predicted octanol–water partition coefficient (Wildman–Crippen LogP) is 3.17. The molecule has 24 heavy (non-hydrogen) atoms. The predicted molar refractivity (Wildman–Crippen MR) is 86.9 cm³/mol. The van der Waals surface area contributed by atoms with Gasteiger partial charge in [-0.05, 0) is 44.4 Å². The van der Waals surface area contributed by atoms with E-state index in [0.29, 0.717) is 27.8 Å². The molecule has 2 aromatic heterocycles. The van der Waals surface area contributed by atoms with E-state index in [1.54, 1.807) is 6.07 Å². The van der Waals surface area contributed by atoms with Gasteiger partial charge in [-0.25, -0.2) is 10.0 Å². The lowest BCUT2D eigenvalue weighted by Gasteiger charge is -2.10. The van der Waals surface area contributed by atoms with Crippen LogP contribution in [0.1, 0.15) is 46.4 Å². The molecule has 0 aliphatic heterocycles. The largest absolute Gasteiger partial charge is 0.361 e. The van der Waals surface area contributed by atoms with E-state index in [2.05, 4.69) is 15.1 Å². The highest BCUT2D eigenvalue weighted by Gasteiger charge is 2.28. The highest BCUT2D eigenvalue weighted by atomic mass is 16.5. The number of amides is 1. The lowest BCUT2D eigenvalue weighted by molar-refractivity contribution is -0.0373. The van der Waals surface area contributed by atoms with Gasteiger partial charge in [0, 0.05) is 18.5 Å². The van der Waals surface area contributed by atoms with E-state index in [4.69, 9.17) is 4.52 Å². The fourth-order valence-electron chi connectivity index (χ4n) is 3.06. The second-order valence-corrected chi connectivity index (χ2v) is 6.34. The van der Waals surface area contributed by atoms with Crippen LogP contribution in [-0.4, -0.2) is 38.3 Å². The van der Waals surface area contributed by atoms with Gasteiger partial charge in [-0.1, -0.05) is 5.16 Å². The first kappa shape index (κ1) is 14.9. The summed E-state index contributed by atoms with van der Waals surface area (Å²) in [6.45, 7) is 3.69. The van der Waals surface area contributed by atoms with E-state index >= 15 is 0 Å². The third kappa shape index (κ3) is 2.28. The van der Waals surface area contributed by atoms with Gasteiger partial charge in [0.15, 0.2) is 0 Å². The van der Waals surface area contributed by atoms with Crippen molar-refractivity contribution in [2.45, 2.75) is 32.6 Å². The van der Waals surface area contributed by atoms with Crippen LogP contribution in [0.5, 0.6) is 0 Å². The number of rotatable bonds is 3. The Labute approximate surface area is 138 Å². The van der Waals surface area contributed by atoms with Crippen molar-refractivity contribution in [1.82, 2.24) is 20.2 Å². The van der Waals surface area contributed by atoms with E-state index in [1.165, 1.54) is 7.05 Å². The highest BCUT2D eigenvalue weighted by Crippen LogP contribution is 2.40. The summed E-state index contributed by atoms with van der Waals surface area (Å²) >= 11 is 0. The molecular weight excluding hydrogens is 308 g/mol. The monoisotopic (exact) mass is 326 g/mol. The topological polar surface area (TPSA) is 95.2 Å².